The smallest absolute Gasteiger partial charge is 0.305 e. The Hall–Kier alpha value is -0.570. The number of carbonyl (C=O) groups excluding carboxylic acids is 1. The Bertz CT molecular complexity index is 229. The van der Waals surface area contributed by atoms with Crippen LogP contribution >= 0.6 is 0 Å². The normalized spacial score (nSPS) is 12.3. The lowest BCUT2D eigenvalue weighted by molar-refractivity contribution is -0.140. The predicted molar refractivity (Wildman–Crippen MR) is 88.3 cm³/mol. The Morgan fingerprint density at radius 2 is 1.29 bits per heavy atom. The fraction of sp³-hybridized carbons (Fsp3) is 0.944. The molecule has 0 radical (unpaired) electrons. The van der Waals surface area contributed by atoms with Crippen molar-refractivity contribution in [2.45, 2.75) is 103 Å². The fourth-order valence-corrected chi connectivity index (χ4v) is 2.55. The number of unbranched alkanes of at least 4 members (excludes halogenated alkanes) is 10. The van der Waals surface area contributed by atoms with Crippen LogP contribution in [0.1, 0.15) is 96.8 Å². The van der Waals surface area contributed by atoms with E-state index in [9.17, 15) is 9.90 Å². The van der Waals surface area contributed by atoms with Crippen LogP contribution in [0, 0.1) is 0 Å². The predicted octanol–water partition coefficient (Wildman–Crippen LogP) is 5.00. The van der Waals surface area contributed by atoms with Crippen LogP contribution in [0.3, 0.4) is 0 Å². The number of methoxy groups -OCH3 is 1. The Morgan fingerprint density at radius 1 is 0.857 bits per heavy atom. The lowest BCUT2D eigenvalue weighted by Gasteiger charge is -2.06. The SMILES string of the molecule is CCC(O)CCCCCCCCCCCCCC(=O)OC. The van der Waals surface area contributed by atoms with Gasteiger partial charge in [0.1, 0.15) is 0 Å². The van der Waals surface area contributed by atoms with Crippen molar-refractivity contribution in [3.63, 3.8) is 0 Å². The first-order valence-corrected chi connectivity index (χ1v) is 8.95. The van der Waals surface area contributed by atoms with Gasteiger partial charge in [-0.1, -0.05) is 71.1 Å². The van der Waals surface area contributed by atoms with Gasteiger partial charge in [0, 0.05) is 6.42 Å². The van der Waals surface area contributed by atoms with Gasteiger partial charge in [-0.2, -0.15) is 0 Å². The Labute approximate surface area is 131 Å². The standard InChI is InChI=1S/C18H36O3/c1-3-17(19)15-13-11-9-7-5-4-6-8-10-12-14-16-18(20)21-2/h17,19H,3-16H2,1-2H3. The van der Waals surface area contributed by atoms with Gasteiger partial charge < -0.3 is 9.84 Å². The van der Waals surface area contributed by atoms with E-state index in [-0.39, 0.29) is 12.1 Å². The van der Waals surface area contributed by atoms with Gasteiger partial charge in [-0.25, -0.2) is 0 Å². The Balaban J connectivity index is 3.04. The number of esters is 1. The van der Waals surface area contributed by atoms with Crippen LogP contribution in [0.2, 0.25) is 0 Å². The van der Waals surface area contributed by atoms with Crippen LogP contribution in [-0.4, -0.2) is 24.3 Å². The average Bonchev–Trinajstić information content (AvgIpc) is 2.51. The second-order valence-electron chi connectivity index (χ2n) is 6.07. The molecule has 0 amide bonds. The highest BCUT2D eigenvalue weighted by molar-refractivity contribution is 5.68. The highest BCUT2D eigenvalue weighted by atomic mass is 16.5. The zero-order valence-corrected chi connectivity index (χ0v) is 14.2. The molecule has 0 aromatic rings. The molecule has 0 aliphatic heterocycles. The first-order valence-electron chi connectivity index (χ1n) is 8.95. The molecule has 0 saturated heterocycles. The summed E-state index contributed by atoms with van der Waals surface area (Å²) in [5.41, 5.74) is 0. The first-order chi connectivity index (χ1) is 10.2. The van der Waals surface area contributed by atoms with Gasteiger partial charge in [0.15, 0.2) is 0 Å². The Morgan fingerprint density at radius 3 is 1.71 bits per heavy atom. The topological polar surface area (TPSA) is 46.5 Å². The molecule has 0 bridgehead atoms. The average molecular weight is 300 g/mol. The highest BCUT2D eigenvalue weighted by Crippen LogP contribution is 2.13. The summed E-state index contributed by atoms with van der Waals surface area (Å²) >= 11 is 0. The van der Waals surface area contributed by atoms with E-state index in [2.05, 4.69) is 4.74 Å². The van der Waals surface area contributed by atoms with Crippen LogP contribution in [0.25, 0.3) is 0 Å². The van der Waals surface area contributed by atoms with Crippen molar-refractivity contribution in [1.82, 2.24) is 0 Å². The first kappa shape index (κ1) is 20.4. The summed E-state index contributed by atoms with van der Waals surface area (Å²) in [7, 11) is 1.45. The van der Waals surface area contributed by atoms with E-state index in [4.69, 9.17) is 0 Å². The summed E-state index contributed by atoms with van der Waals surface area (Å²) in [5, 5.41) is 9.44. The molecule has 1 unspecified atom stereocenters. The van der Waals surface area contributed by atoms with Gasteiger partial charge in [0.2, 0.25) is 0 Å². The summed E-state index contributed by atoms with van der Waals surface area (Å²) in [4.78, 5) is 10.9. The van der Waals surface area contributed by atoms with Crippen molar-refractivity contribution < 1.29 is 14.6 Å². The Kier molecular flexibility index (Phi) is 15.4. The van der Waals surface area contributed by atoms with Crippen LogP contribution < -0.4 is 0 Å². The molecule has 0 rings (SSSR count). The van der Waals surface area contributed by atoms with Gasteiger partial charge in [-0.05, 0) is 19.3 Å². The number of aliphatic hydroxyl groups excluding tert-OH is 1. The molecule has 1 N–H and O–H groups in total. The number of hydrogen-bond donors (Lipinski definition) is 1. The number of hydrogen-bond acceptors (Lipinski definition) is 3. The largest absolute Gasteiger partial charge is 0.469 e. The quantitative estimate of drug-likeness (QED) is 0.342. The molecule has 0 aliphatic rings. The van der Waals surface area contributed by atoms with E-state index in [1.807, 2.05) is 6.92 Å². The van der Waals surface area contributed by atoms with Crippen LogP contribution in [0.4, 0.5) is 0 Å². The number of ether oxygens (including phenoxy) is 1. The molecule has 3 nitrogen and oxygen atoms in total. The van der Waals surface area contributed by atoms with Gasteiger partial charge in [-0.3, -0.25) is 4.79 Å². The second-order valence-corrected chi connectivity index (χ2v) is 6.07. The minimum absolute atomic E-state index is 0.0795. The molecule has 0 aliphatic carbocycles. The molecule has 1 atom stereocenters. The lowest BCUT2D eigenvalue weighted by atomic mass is 10.0. The monoisotopic (exact) mass is 300 g/mol. The van der Waals surface area contributed by atoms with E-state index in [0.29, 0.717) is 6.42 Å². The summed E-state index contributed by atoms with van der Waals surface area (Å²) < 4.78 is 4.62. The summed E-state index contributed by atoms with van der Waals surface area (Å²) in [6.45, 7) is 2.04. The third-order valence-corrected chi connectivity index (χ3v) is 4.12. The van der Waals surface area contributed by atoms with Crippen molar-refractivity contribution in [1.29, 1.82) is 0 Å². The minimum Gasteiger partial charge on any atom is -0.469 e. The lowest BCUT2D eigenvalue weighted by Crippen LogP contribution is -2.03. The van der Waals surface area contributed by atoms with E-state index in [0.717, 1.165) is 25.7 Å². The van der Waals surface area contributed by atoms with E-state index >= 15 is 0 Å². The van der Waals surface area contributed by atoms with E-state index < -0.39 is 0 Å². The molecule has 0 aromatic carbocycles. The minimum atomic E-state index is -0.0820. The second kappa shape index (κ2) is 15.8. The van der Waals surface area contributed by atoms with E-state index in [1.165, 1.54) is 64.9 Å². The summed E-state index contributed by atoms with van der Waals surface area (Å²) in [6, 6.07) is 0. The van der Waals surface area contributed by atoms with Crippen molar-refractivity contribution in [3.05, 3.63) is 0 Å². The summed E-state index contributed by atoms with van der Waals surface area (Å²) in [6.07, 6.45) is 16.1. The molecule has 126 valence electrons. The number of rotatable bonds is 15. The van der Waals surface area contributed by atoms with Gasteiger partial charge >= 0.3 is 5.97 Å². The van der Waals surface area contributed by atoms with Gasteiger partial charge in [0.25, 0.3) is 0 Å². The molecular weight excluding hydrogens is 264 g/mol. The molecule has 21 heavy (non-hydrogen) atoms. The van der Waals surface area contributed by atoms with Crippen molar-refractivity contribution >= 4 is 5.97 Å². The molecule has 0 saturated carbocycles. The number of carbonyl (C=O) groups is 1. The summed E-state index contributed by atoms with van der Waals surface area (Å²) in [5.74, 6) is -0.0820. The maximum absolute atomic E-state index is 10.9. The van der Waals surface area contributed by atoms with Crippen molar-refractivity contribution in [2.75, 3.05) is 7.11 Å². The third kappa shape index (κ3) is 15.6. The highest BCUT2D eigenvalue weighted by Gasteiger charge is 2.00. The zero-order chi connectivity index (χ0) is 15.8. The van der Waals surface area contributed by atoms with Crippen LogP contribution in [0.15, 0.2) is 0 Å². The maximum Gasteiger partial charge on any atom is 0.305 e. The molecular formula is C18H36O3. The molecule has 0 heterocycles. The molecule has 3 heteroatoms. The van der Waals surface area contributed by atoms with Gasteiger partial charge in [-0.15, -0.1) is 0 Å². The molecule has 0 aromatic heterocycles. The maximum atomic E-state index is 10.9. The van der Waals surface area contributed by atoms with Crippen molar-refractivity contribution in [3.8, 4) is 0 Å². The fourth-order valence-electron chi connectivity index (χ4n) is 2.55. The zero-order valence-electron chi connectivity index (χ0n) is 14.2. The number of aliphatic hydroxyl groups is 1. The molecule has 0 fully saturated rings. The van der Waals surface area contributed by atoms with Crippen molar-refractivity contribution in [2.24, 2.45) is 0 Å². The van der Waals surface area contributed by atoms with Gasteiger partial charge in [0.05, 0.1) is 13.2 Å². The third-order valence-electron chi connectivity index (χ3n) is 4.12. The van der Waals surface area contributed by atoms with Crippen LogP contribution in [0.5, 0.6) is 0 Å². The van der Waals surface area contributed by atoms with Crippen LogP contribution in [-0.2, 0) is 9.53 Å². The van der Waals surface area contributed by atoms with E-state index in [1.54, 1.807) is 0 Å². The molecule has 0 spiro atoms.